The van der Waals surface area contributed by atoms with E-state index in [0.717, 1.165) is 48.7 Å². The Morgan fingerprint density at radius 3 is 2.35 bits per heavy atom. The Morgan fingerprint density at radius 2 is 1.74 bits per heavy atom. The van der Waals surface area contributed by atoms with Gasteiger partial charge in [0.25, 0.3) is 0 Å². The third kappa shape index (κ3) is 5.87. The predicted molar refractivity (Wildman–Crippen MR) is 134 cm³/mol. The molecule has 180 valence electrons. The van der Waals surface area contributed by atoms with Gasteiger partial charge in [0.2, 0.25) is 11.7 Å². The lowest BCUT2D eigenvalue weighted by Gasteiger charge is -2.32. The van der Waals surface area contributed by atoms with Crippen molar-refractivity contribution < 1.29 is 19.0 Å². The van der Waals surface area contributed by atoms with E-state index in [4.69, 9.17) is 14.2 Å². The molecule has 3 aromatic rings. The molecule has 0 saturated carbocycles. The lowest BCUT2D eigenvalue weighted by atomic mass is 10.0. The molecule has 2 aromatic carbocycles. The second-order valence-electron chi connectivity index (χ2n) is 8.34. The third-order valence-electron chi connectivity index (χ3n) is 6.01. The molecule has 4 rings (SSSR count). The van der Waals surface area contributed by atoms with Crippen LogP contribution < -0.4 is 19.5 Å². The summed E-state index contributed by atoms with van der Waals surface area (Å²) in [6, 6.07) is 14.5. The lowest BCUT2D eigenvalue weighted by molar-refractivity contribution is -0.121. The summed E-state index contributed by atoms with van der Waals surface area (Å²) < 4.78 is 16.3. The Morgan fingerprint density at radius 1 is 1.06 bits per heavy atom. The van der Waals surface area contributed by atoms with Crippen molar-refractivity contribution in [3.63, 3.8) is 0 Å². The fraction of sp³-hybridized carbons (Fsp3) is 0.385. The van der Waals surface area contributed by atoms with Gasteiger partial charge in [-0.05, 0) is 30.5 Å². The van der Waals surface area contributed by atoms with Gasteiger partial charge in [0.05, 0.1) is 33.4 Å². The van der Waals surface area contributed by atoms with Gasteiger partial charge in [-0.15, -0.1) is 11.3 Å². The number of thiazole rings is 1. The maximum Gasteiger partial charge on any atom is 0.226 e. The minimum absolute atomic E-state index is 0.0169. The van der Waals surface area contributed by atoms with Crippen molar-refractivity contribution in [1.82, 2.24) is 15.2 Å². The van der Waals surface area contributed by atoms with Gasteiger partial charge in [-0.25, -0.2) is 4.98 Å². The number of methoxy groups -OCH3 is 3. The van der Waals surface area contributed by atoms with Gasteiger partial charge in [-0.2, -0.15) is 0 Å². The number of aromatic nitrogens is 1. The molecule has 1 aliphatic heterocycles. The highest BCUT2D eigenvalue weighted by Gasteiger charge is 2.21. The van der Waals surface area contributed by atoms with E-state index in [-0.39, 0.29) is 18.4 Å². The highest BCUT2D eigenvalue weighted by atomic mass is 32.1. The van der Waals surface area contributed by atoms with Crippen molar-refractivity contribution in [2.75, 3.05) is 34.4 Å². The number of nitrogens with one attached hydrogen (secondary N) is 1. The third-order valence-corrected chi connectivity index (χ3v) is 6.95. The molecule has 0 unspecified atom stereocenters. The number of piperidine rings is 1. The van der Waals surface area contributed by atoms with Crippen LogP contribution >= 0.6 is 11.3 Å². The molecule has 0 aliphatic carbocycles. The van der Waals surface area contributed by atoms with Crippen LogP contribution in [0.4, 0.5) is 0 Å². The average molecular weight is 482 g/mol. The van der Waals surface area contributed by atoms with Crippen LogP contribution in [-0.4, -0.2) is 56.3 Å². The molecular weight excluding hydrogens is 450 g/mol. The van der Waals surface area contributed by atoms with Crippen LogP contribution in [-0.2, 0) is 17.8 Å². The molecule has 34 heavy (non-hydrogen) atoms. The molecule has 2 heterocycles. The summed E-state index contributed by atoms with van der Waals surface area (Å²) in [6.07, 6.45) is 2.20. The normalized spacial score (nSPS) is 14.6. The smallest absolute Gasteiger partial charge is 0.226 e. The van der Waals surface area contributed by atoms with Gasteiger partial charge in [-0.3, -0.25) is 9.69 Å². The van der Waals surface area contributed by atoms with Gasteiger partial charge in [0, 0.05) is 36.6 Å². The second kappa shape index (κ2) is 11.4. The molecule has 1 fully saturated rings. The van der Waals surface area contributed by atoms with Crippen LogP contribution in [0.15, 0.2) is 47.8 Å². The van der Waals surface area contributed by atoms with Gasteiger partial charge >= 0.3 is 0 Å². The molecule has 1 N–H and O–H groups in total. The molecule has 0 atom stereocenters. The van der Waals surface area contributed by atoms with E-state index >= 15 is 0 Å². The minimum Gasteiger partial charge on any atom is -0.493 e. The van der Waals surface area contributed by atoms with Crippen LogP contribution in [0.3, 0.4) is 0 Å². The van der Waals surface area contributed by atoms with Crippen molar-refractivity contribution >= 4 is 17.2 Å². The Balaban J connectivity index is 1.31. The van der Waals surface area contributed by atoms with Crippen molar-refractivity contribution in [3.8, 4) is 27.8 Å². The number of likely N-dealkylation sites (tertiary alicyclic amines) is 1. The first-order chi connectivity index (χ1) is 16.6. The van der Waals surface area contributed by atoms with Gasteiger partial charge in [0.15, 0.2) is 11.5 Å². The number of carbonyl (C=O) groups is 1. The predicted octanol–water partition coefficient (Wildman–Crippen LogP) is 4.16. The molecule has 1 amide bonds. The lowest BCUT2D eigenvalue weighted by Crippen LogP contribution is -2.44. The van der Waals surface area contributed by atoms with E-state index in [1.165, 1.54) is 16.9 Å². The van der Waals surface area contributed by atoms with Gasteiger partial charge in [-0.1, -0.05) is 30.3 Å². The molecular formula is C26H31N3O4S. The Hall–Kier alpha value is -3.10. The van der Waals surface area contributed by atoms with Crippen molar-refractivity contribution in [2.24, 2.45) is 0 Å². The van der Waals surface area contributed by atoms with Crippen molar-refractivity contribution in [3.05, 3.63) is 59.1 Å². The minimum atomic E-state index is 0.0169. The largest absolute Gasteiger partial charge is 0.493 e. The van der Waals surface area contributed by atoms with Crippen LogP contribution in [0.25, 0.3) is 10.6 Å². The van der Waals surface area contributed by atoms with Crippen LogP contribution in [0.5, 0.6) is 17.2 Å². The van der Waals surface area contributed by atoms with Crippen molar-refractivity contribution in [2.45, 2.75) is 31.8 Å². The fourth-order valence-corrected chi connectivity index (χ4v) is 5.05. The summed E-state index contributed by atoms with van der Waals surface area (Å²) >= 11 is 1.49. The summed E-state index contributed by atoms with van der Waals surface area (Å²) in [7, 11) is 4.75. The number of nitrogens with zero attached hydrogens (tertiary/aromatic N) is 2. The van der Waals surface area contributed by atoms with Gasteiger partial charge in [0.1, 0.15) is 5.01 Å². The van der Waals surface area contributed by atoms with E-state index < -0.39 is 0 Å². The molecule has 0 radical (unpaired) electrons. The highest BCUT2D eigenvalue weighted by molar-refractivity contribution is 7.13. The molecule has 1 aromatic heterocycles. The number of ether oxygens (including phenoxy) is 3. The Kier molecular flexibility index (Phi) is 8.03. The summed E-state index contributed by atoms with van der Waals surface area (Å²) in [6.45, 7) is 2.94. The van der Waals surface area contributed by atoms with Gasteiger partial charge < -0.3 is 19.5 Å². The van der Waals surface area contributed by atoms with Crippen LogP contribution in [0.1, 0.15) is 24.1 Å². The summed E-state index contributed by atoms with van der Waals surface area (Å²) in [5.41, 5.74) is 2.95. The highest BCUT2D eigenvalue weighted by Crippen LogP contribution is 2.41. The summed E-state index contributed by atoms with van der Waals surface area (Å²) in [5.74, 6) is 1.71. The molecule has 0 spiro atoms. The number of rotatable bonds is 9. The first-order valence-electron chi connectivity index (χ1n) is 11.4. The number of hydrogen-bond acceptors (Lipinski definition) is 7. The molecule has 8 heteroatoms. The summed E-state index contributed by atoms with van der Waals surface area (Å²) in [4.78, 5) is 19.8. The number of benzene rings is 2. The van der Waals surface area contributed by atoms with Crippen LogP contribution in [0, 0.1) is 0 Å². The van der Waals surface area contributed by atoms with E-state index in [9.17, 15) is 4.79 Å². The Labute approximate surface area is 204 Å². The monoisotopic (exact) mass is 481 g/mol. The molecule has 0 bridgehead atoms. The first-order valence-corrected chi connectivity index (χ1v) is 12.3. The molecule has 1 saturated heterocycles. The number of amides is 1. The van der Waals surface area contributed by atoms with E-state index in [2.05, 4.69) is 39.5 Å². The quantitative estimate of drug-likeness (QED) is 0.495. The summed E-state index contributed by atoms with van der Waals surface area (Å²) in [5, 5.41) is 5.93. The zero-order valence-corrected chi connectivity index (χ0v) is 20.7. The van der Waals surface area contributed by atoms with Crippen LogP contribution in [0.2, 0.25) is 0 Å². The zero-order chi connectivity index (χ0) is 23.9. The average Bonchev–Trinajstić information content (AvgIpc) is 3.33. The number of hydrogen-bond donors (Lipinski definition) is 1. The van der Waals surface area contributed by atoms with Crippen molar-refractivity contribution in [1.29, 1.82) is 0 Å². The fourth-order valence-electron chi connectivity index (χ4n) is 4.25. The topological polar surface area (TPSA) is 72.9 Å². The zero-order valence-electron chi connectivity index (χ0n) is 19.9. The Bertz CT molecular complexity index is 1070. The molecule has 7 nitrogen and oxygen atoms in total. The number of carbonyl (C=O) groups excluding carboxylic acids is 1. The maximum absolute atomic E-state index is 12.7. The SMILES string of the molecule is COc1cc(-c2nc(CC(=O)NC3CCN(Cc4ccccc4)CC3)cs2)cc(OC)c1OC. The van der Waals surface area contributed by atoms with E-state index in [1.807, 2.05) is 23.6 Å². The molecule has 1 aliphatic rings. The maximum atomic E-state index is 12.7. The van der Waals surface area contributed by atoms with E-state index in [0.29, 0.717) is 17.2 Å². The standard InChI is InChI=1S/C26H31N3O4S/c1-31-22-13-19(14-23(32-2)25(22)33-3)26-28-21(17-34-26)15-24(30)27-20-9-11-29(12-10-20)16-18-7-5-4-6-8-18/h4-8,13-14,17,20H,9-12,15-16H2,1-3H3,(H,27,30). The first kappa shape index (κ1) is 24.0. The van der Waals surface area contributed by atoms with E-state index in [1.54, 1.807) is 21.3 Å². The second-order valence-corrected chi connectivity index (χ2v) is 9.20.